The molecule has 13 heavy (non-hydrogen) atoms. The zero-order chi connectivity index (χ0) is 9.68. The summed E-state index contributed by atoms with van der Waals surface area (Å²) >= 11 is 4.68. The van der Waals surface area contributed by atoms with Crippen molar-refractivity contribution >= 4 is 23.3 Å². The van der Waals surface area contributed by atoms with Crippen LogP contribution in [-0.2, 0) is 0 Å². The van der Waals surface area contributed by atoms with E-state index in [-0.39, 0.29) is 4.99 Å². The van der Waals surface area contributed by atoms with Crippen molar-refractivity contribution in [3.63, 3.8) is 0 Å². The zero-order valence-corrected chi connectivity index (χ0v) is 7.58. The smallest absolute Gasteiger partial charge is 0.114 e. The van der Waals surface area contributed by atoms with E-state index in [1.807, 2.05) is 12.1 Å². The molecule has 0 aromatic carbocycles. The van der Waals surface area contributed by atoms with Gasteiger partial charge in [-0.05, 0) is 17.7 Å². The first-order valence-electron chi connectivity index (χ1n) is 3.55. The van der Waals surface area contributed by atoms with Crippen LogP contribution in [0.3, 0.4) is 0 Å². The maximum absolute atomic E-state index is 8.65. The molecule has 0 saturated carbocycles. The van der Waals surface area contributed by atoms with E-state index in [1.165, 1.54) is 0 Å². The average molecular weight is 189 g/mol. The third kappa shape index (κ3) is 2.65. The molecule has 0 bridgehead atoms. The SMILES string of the molecule is N#C/C(=C\c1cccnc1)C(N)=S. The van der Waals surface area contributed by atoms with Crippen molar-refractivity contribution in [1.82, 2.24) is 4.98 Å². The molecule has 1 aromatic heterocycles. The molecule has 0 amide bonds. The van der Waals surface area contributed by atoms with Crippen LogP contribution >= 0.6 is 12.2 Å². The topological polar surface area (TPSA) is 62.7 Å². The number of nitrogens with two attached hydrogens (primary N) is 1. The van der Waals surface area contributed by atoms with Crippen LogP contribution in [0, 0.1) is 11.3 Å². The summed E-state index contributed by atoms with van der Waals surface area (Å²) in [4.78, 5) is 4.00. The number of nitrogens with zero attached hydrogens (tertiary/aromatic N) is 2. The predicted molar refractivity (Wildman–Crippen MR) is 54.6 cm³/mol. The Hall–Kier alpha value is -1.73. The quantitative estimate of drug-likeness (QED) is 0.432. The van der Waals surface area contributed by atoms with Crippen LogP contribution in [0.4, 0.5) is 0 Å². The summed E-state index contributed by atoms with van der Waals surface area (Å²) in [6, 6.07) is 5.52. The highest BCUT2D eigenvalue weighted by atomic mass is 32.1. The summed E-state index contributed by atoms with van der Waals surface area (Å²) < 4.78 is 0. The van der Waals surface area contributed by atoms with Crippen molar-refractivity contribution in [2.24, 2.45) is 5.73 Å². The van der Waals surface area contributed by atoms with Gasteiger partial charge in [-0.2, -0.15) is 5.26 Å². The van der Waals surface area contributed by atoms with E-state index >= 15 is 0 Å². The number of rotatable bonds is 2. The minimum atomic E-state index is 0.103. The molecule has 0 atom stereocenters. The monoisotopic (exact) mass is 189 g/mol. The number of aromatic nitrogens is 1. The summed E-state index contributed by atoms with van der Waals surface area (Å²) in [6.07, 6.45) is 4.90. The van der Waals surface area contributed by atoms with Gasteiger partial charge in [0.2, 0.25) is 0 Å². The van der Waals surface area contributed by atoms with Crippen LogP contribution in [0.5, 0.6) is 0 Å². The third-order valence-corrected chi connectivity index (χ3v) is 1.60. The highest BCUT2D eigenvalue weighted by Crippen LogP contribution is 2.04. The fourth-order valence-electron chi connectivity index (χ4n) is 0.787. The maximum Gasteiger partial charge on any atom is 0.114 e. The highest BCUT2D eigenvalue weighted by molar-refractivity contribution is 7.80. The second kappa shape index (κ2) is 4.33. The minimum Gasteiger partial charge on any atom is -0.389 e. The number of thiocarbonyl (C=S) groups is 1. The van der Waals surface area contributed by atoms with Gasteiger partial charge >= 0.3 is 0 Å². The summed E-state index contributed by atoms with van der Waals surface area (Å²) in [6.45, 7) is 0. The number of hydrogen-bond donors (Lipinski definition) is 1. The van der Waals surface area contributed by atoms with E-state index in [9.17, 15) is 0 Å². The molecule has 0 aliphatic carbocycles. The first-order valence-corrected chi connectivity index (χ1v) is 3.96. The summed E-state index contributed by atoms with van der Waals surface area (Å²) in [7, 11) is 0. The first-order chi connectivity index (χ1) is 6.24. The van der Waals surface area contributed by atoms with Crippen molar-refractivity contribution in [3.8, 4) is 6.07 Å². The van der Waals surface area contributed by atoms with Gasteiger partial charge in [0.05, 0.1) is 5.57 Å². The maximum atomic E-state index is 8.65. The lowest BCUT2D eigenvalue weighted by atomic mass is 10.2. The van der Waals surface area contributed by atoms with E-state index in [0.29, 0.717) is 5.57 Å². The Balaban J connectivity index is 3.01. The Morgan fingerprint density at radius 1 is 1.69 bits per heavy atom. The van der Waals surface area contributed by atoms with Crippen molar-refractivity contribution < 1.29 is 0 Å². The molecule has 0 unspecified atom stereocenters. The van der Waals surface area contributed by atoms with Gasteiger partial charge in [-0.25, -0.2) is 0 Å². The second-order valence-corrected chi connectivity index (χ2v) is 2.76. The average Bonchev–Trinajstić information content (AvgIpc) is 2.15. The third-order valence-electron chi connectivity index (χ3n) is 1.38. The van der Waals surface area contributed by atoms with E-state index in [4.69, 9.17) is 11.0 Å². The molecule has 64 valence electrons. The van der Waals surface area contributed by atoms with Gasteiger partial charge in [0.25, 0.3) is 0 Å². The van der Waals surface area contributed by atoms with Crippen LogP contribution in [-0.4, -0.2) is 9.97 Å². The second-order valence-electron chi connectivity index (χ2n) is 2.32. The largest absolute Gasteiger partial charge is 0.389 e. The van der Waals surface area contributed by atoms with Gasteiger partial charge in [-0.3, -0.25) is 4.98 Å². The molecule has 1 heterocycles. The molecule has 0 radical (unpaired) electrons. The molecule has 2 N–H and O–H groups in total. The van der Waals surface area contributed by atoms with Crippen LogP contribution in [0.25, 0.3) is 6.08 Å². The van der Waals surface area contributed by atoms with Crippen molar-refractivity contribution in [2.75, 3.05) is 0 Å². The van der Waals surface area contributed by atoms with Gasteiger partial charge in [0.1, 0.15) is 11.1 Å². The van der Waals surface area contributed by atoms with Gasteiger partial charge in [-0.1, -0.05) is 18.3 Å². The molecule has 0 aliphatic heterocycles. The Morgan fingerprint density at radius 2 is 2.46 bits per heavy atom. The summed E-state index contributed by atoms with van der Waals surface area (Å²) in [5.41, 5.74) is 6.42. The Bertz CT molecular complexity index is 376. The molecule has 0 spiro atoms. The van der Waals surface area contributed by atoms with Crippen molar-refractivity contribution in [3.05, 3.63) is 35.7 Å². The molecular formula is C9H7N3S. The molecule has 0 fully saturated rings. The normalized spacial score (nSPS) is 10.5. The van der Waals surface area contributed by atoms with Gasteiger partial charge in [0.15, 0.2) is 0 Å². The lowest BCUT2D eigenvalue weighted by Crippen LogP contribution is -2.09. The fraction of sp³-hybridized carbons (Fsp3) is 0. The number of nitriles is 1. The standard InChI is InChI=1S/C9H7N3S/c10-5-8(9(11)13)4-7-2-1-3-12-6-7/h1-4,6H,(H2,11,13)/b8-4+. The molecule has 0 aliphatic rings. The fourth-order valence-corrected chi connectivity index (χ4v) is 0.891. The Kier molecular flexibility index (Phi) is 3.12. The summed E-state index contributed by atoms with van der Waals surface area (Å²) in [5, 5.41) is 8.65. The molecular weight excluding hydrogens is 182 g/mol. The van der Waals surface area contributed by atoms with Crippen LogP contribution in [0.2, 0.25) is 0 Å². The van der Waals surface area contributed by atoms with E-state index in [1.54, 1.807) is 24.5 Å². The minimum absolute atomic E-state index is 0.103. The van der Waals surface area contributed by atoms with Crippen LogP contribution < -0.4 is 5.73 Å². The van der Waals surface area contributed by atoms with E-state index in [0.717, 1.165) is 5.56 Å². The molecule has 1 rings (SSSR count). The predicted octanol–water partition coefficient (Wildman–Crippen LogP) is 1.27. The van der Waals surface area contributed by atoms with Crippen molar-refractivity contribution in [1.29, 1.82) is 5.26 Å². The highest BCUT2D eigenvalue weighted by Gasteiger charge is 1.98. The van der Waals surface area contributed by atoms with E-state index in [2.05, 4.69) is 17.2 Å². The van der Waals surface area contributed by atoms with Crippen LogP contribution in [0.15, 0.2) is 30.1 Å². The lowest BCUT2D eigenvalue weighted by Gasteiger charge is -1.94. The molecule has 4 heteroatoms. The molecule has 3 nitrogen and oxygen atoms in total. The zero-order valence-electron chi connectivity index (χ0n) is 6.77. The van der Waals surface area contributed by atoms with Gasteiger partial charge in [0, 0.05) is 12.4 Å². The first kappa shape index (κ1) is 9.36. The number of pyridine rings is 1. The molecule has 1 aromatic rings. The van der Waals surface area contributed by atoms with Crippen molar-refractivity contribution in [2.45, 2.75) is 0 Å². The lowest BCUT2D eigenvalue weighted by molar-refractivity contribution is 1.32. The summed E-state index contributed by atoms with van der Waals surface area (Å²) in [5.74, 6) is 0. The Morgan fingerprint density at radius 3 is 2.92 bits per heavy atom. The van der Waals surface area contributed by atoms with Gasteiger partial charge in [-0.15, -0.1) is 0 Å². The number of hydrogen-bond acceptors (Lipinski definition) is 3. The van der Waals surface area contributed by atoms with Gasteiger partial charge < -0.3 is 5.73 Å². The Labute approximate surface area is 81.5 Å². The van der Waals surface area contributed by atoms with E-state index < -0.39 is 0 Å². The molecule has 0 saturated heterocycles. The van der Waals surface area contributed by atoms with Crippen LogP contribution in [0.1, 0.15) is 5.56 Å².